The van der Waals surface area contributed by atoms with Crippen LogP contribution >= 0.6 is 0 Å². The van der Waals surface area contributed by atoms with Crippen LogP contribution in [0.5, 0.6) is 23.0 Å². The van der Waals surface area contributed by atoms with E-state index in [1.807, 2.05) is 48.5 Å². The van der Waals surface area contributed by atoms with Crippen LogP contribution in [-0.2, 0) is 13.2 Å². The van der Waals surface area contributed by atoms with Gasteiger partial charge in [-0.25, -0.2) is 4.39 Å². The van der Waals surface area contributed by atoms with Crippen LogP contribution in [-0.4, -0.2) is 24.4 Å². The smallest absolute Gasteiger partial charge is 0.165 e. The third-order valence-corrected chi connectivity index (χ3v) is 5.56. The molecule has 0 aliphatic rings. The minimum atomic E-state index is -0.721. The van der Waals surface area contributed by atoms with Crippen LogP contribution < -0.4 is 14.2 Å². The van der Waals surface area contributed by atoms with E-state index in [9.17, 15) is 14.6 Å². The highest BCUT2D eigenvalue weighted by Gasteiger charge is 2.17. The van der Waals surface area contributed by atoms with Gasteiger partial charge in [-0.05, 0) is 53.1 Å². The van der Waals surface area contributed by atoms with Gasteiger partial charge in [0.2, 0.25) is 0 Å². The summed E-state index contributed by atoms with van der Waals surface area (Å²) in [4.78, 5) is 0. The second kappa shape index (κ2) is 10.3. The summed E-state index contributed by atoms with van der Waals surface area (Å²) in [6, 6.07) is 23.1. The lowest BCUT2D eigenvalue weighted by molar-refractivity contribution is 0.259. The lowest BCUT2D eigenvalue weighted by Crippen LogP contribution is -2.00. The molecule has 0 saturated heterocycles. The number of phenolic OH excluding ortho intramolecular Hbond substituents is 1. The van der Waals surface area contributed by atoms with Gasteiger partial charge in [0.05, 0.1) is 20.8 Å². The van der Waals surface area contributed by atoms with Crippen molar-refractivity contribution in [3.05, 3.63) is 95.8 Å². The molecule has 0 bridgehead atoms. The molecule has 5 nitrogen and oxygen atoms in total. The topological polar surface area (TPSA) is 68.2 Å². The SMILES string of the molecule is COc1cc(-c2ccc(OCc3ccccc3)c(CO)c2)c(OC)cc1-c1ccc(O)c(F)c1. The minimum absolute atomic E-state index is 0.192. The summed E-state index contributed by atoms with van der Waals surface area (Å²) in [5.41, 5.74) is 4.37. The Morgan fingerprint density at radius 2 is 1.35 bits per heavy atom. The summed E-state index contributed by atoms with van der Waals surface area (Å²) in [5, 5.41) is 19.5. The lowest BCUT2D eigenvalue weighted by Gasteiger charge is -2.17. The molecule has 34 heavy (non-hydrogen) atoms. The number of aliphatic hydroxyl groups excluding tert-OH is 1. The fraction of sp³-hybridized carbons (Fsp3) is 0.143. The third kappa shape index (κ3) is 4.82. The first kappa shape index (κ1) is 23.1. The molecule has 0 amide bonds. The molecule has 4 aromatic rings. The Morgan fingerprint density at radius 3 is 1.94 bits per heavy atom. The normalized spacial score (nSPS) is 10.7. The van der Waals surface area contributed by atoms with Crippen molar-refractivity contribution in [3.63, 3.8) is 0 Å². The molecule has 0 aliphatic heterocycles. The quantitative estimate of drug-likeness (QED) is 0.340. The van der Waals surface area contributed by atoms with Gasteiger partial charge in [-0.3, -0.25) is 0 Å². The molecular weight excluding hydrogens is 435 g/mol. The number of aromatic hydroxyl groups is 1. The van der Waals surface area contributed by atoms with Crippen LogP contribution in [0.15, 0.2) is 78.9 Å². The van der Waals surface area contributed by atoms with Gasteiger partial charge in [-0.15, -0.1) is 0 Å². The Morgan fingerprint density at radius 1 is 0.735 bits per heavy atom. The van der Waals surface area contributed by atoms with Crippen molar-refractivity contribution in [1.82, 2.24) is 0 Å². The van der Waals surface area contributed by atoms with E-state index in [0.717, 1.165) is 16.7 Å². The molecule has 0 aliphatic carbocycles. The standard InChI is InChI=1S/C28H25FO5/c1-32-27-15-23(20-8-10-25(31)24(29)13-20)28(33-2)14-22(27)19-9-11-26(21(12-19)16-30)34-17-18-6-4-3-5-7-18/h3-15,30-31H,16-17H2,1-2H3. The first-order valence-corrected chi connectivity index (χ1v) is 10.7. The Kier molecular flexibility index (Phi) is 6.99. The molecule has 6 heteroatoms. The zero-order valence-electron chi connectivity index (χ0n) is 18.9. The predicted molar refractivity (Wildman–Crippen MR) is 129 cm³/mol. The summed E-state index contributed by atoms with van der Waals surface area (Å²) in [6.07, 6.45) is 0. The molecule has 0 unspecified atom stereocenters. The van der Waals surface area contributed by atoms with E-state index in [1.165, 1.54) is 19.2 Å². The predicted octanol–water partition coefficient (Wildman–Crippen LogP) is 5.95. The summed E-state index contributed by atoms with van der Waals surface area (Å²) in [6.45, 7) is 0.199. The molecule has 0 fully saturated rings. The third-order valence-electron chi connectivity index (χ3n) is 5.56. The summed E-state index contributed by atoms with van der Waals surface area (Å²) in [7, 11) is 3.09. The first-order valence-electron chi connectivity index (χ1n) is 10.7. The van der Waals surface area contributed by atoms with Gasteiger partial charge >= 0.3 is 0 Å². The summed E-state index contributed by atoms with van der Waals surface area (Å²) in [5.74, 6) is 0.512. The van der Waals surface area contributed by atoms with Crippen molar-refractivity contribution in [2.75, 3.05) is 14.2 Å². The molecule has 0 atom stereocenters. The molecule has 0 spiro atoms. The van der Waals surface area contributed by atoms with Gasteiger partial charge in [0.15, 0.2) is 11.6 Å². The van der Waals surface area contributed by atoms with E-state index in [2.05, 4.69) is 0 Å². The average Bonchev–Trinajstić information content (AvgIpc) is 2.88. The highest BCUT2D eigenvalue weighted by molar-refractivity contribution is 5.82. The zero-order valence-corrected chi connectivity index (χ0v) is 18.9. The van der Waals surface area contributed by atoms with Crippen molar-refractivity contribution in [2.24, 2.45) is 0 Å². The number of halogens is 1. The van der Waals surface area contributed by atoms with Crippen molar-refractivity contribution in [2.45, 2.75) is 13.2 Å². The second-order valence-electron chi connectivity index (χ2n) is 7.67. The van der Waals surface area contributed by atoms with E-state index < -0.39 is 11.6 Å². The van der Waals surface area contributed by atoms with E-state index in [0.29, 0.717) is 40.5 Å². The molecule has 174 valence electrons. The number of ether oxygens (including phenoxy) is 3. The fourth-order valence-electron chi connectivity index (χ4n) is 3.77. The molecule has 0 heterocycles. The molecule has 2 N–H and O–H groups in total. The largest absolute Gasteiger partial charge is 0.505 e. The number of methoxy groups -OCH3 is 2. The van der Waals surface area contributed by atoms with Crippen molar-refractivity contribution < 1.29 is 28.8 Å². The van der Waals surface area contributed by atoms with Gasteiger partial charge < -0.3 is 24.4 Å². The highest BCUT2D eigenvalue weighted by Crippen LogP contribution is 2.42. The number of rotatable bonds is 8. The zero-order chi connectivity index (χ0) is 24.1. The van der Waals surface area contributed by atoms with Crippen LogP contribution in [0.25, 0.3) is 22.3 Å². The van der Waals surface area contributed by atoms with Crippen molar-refractivity contribution in [3.8, 4) is 45.3 Å². The van der Waals surface area contributed by atoms with Crippen LogP contribution in [0, 0.1) is 5.82 Å². The summed E-state index contributed by atoms with van der Waals surface area (Å²) >= 11 is 0. The number of aliphatic hydroxyl groups is 1. The van der Waals surface area contributed by atoms with Gasteiger partial charge in [0, 0.05) is 16.7 Å². The minimum Gasteiger partial charge on any atom is -0.505 e. The fourth-order valence-corrected chi connectivity index (χ4v) is 3.77. The second-order valence-corrected chi connectivity index (χ2v) is 7.67. The maximum absolute atomic E-state index is 14.0. The van der Waals surface area contributed by atoms with Crippen LogP contribution in [0.1, 0.15) is 11.1 Å². The monoisotopic (exact) mass is 460 g/mol. The maximum atomic E-state index is 14.0. The van der Waals surface area contributed by atoms with Crippen LogP contribution in [0.4, 0.5) is 4.39 Å². The Bertz CT molecular complexity index is 1290. The van der Waals surface area contributed by atoms with Gasteiger partial charge in [0.25, 0.3) is 0 Å². The number of phenols is 1. The number of benzene rings is 4. The Labute approximate surface area is 197 Å². The highest BCUT2D eigenvalue weighted by atomic mass is 19.1. The van der Waals surface area contributed by atoms with E-state index in [4.69, 9.17) is 14.2 Å². The first-order chi connectivity index (χ1) is 16.5. The molecular formula is C28H25FO5. The molecule has 0 saturated carbocycles. The van der Waals surface area contributed by atoms with E-state index in [-0.39, 0.29) is 6.61 Å². The van der Waals surface area contributed by atoms with Crippen molar-refractivity contribution in [1.29, 1.82) is 0 Å². The van der Waals surface area contributed by atoms with Crippen LogP contribution in [0.3, 0.4) is 0 Å². The molecule has 4 rings (SSSR count). The van der Waals surface area contributed by atoms with Gasteiger partial charge in [-0.2, -0.15) is 0 Å². The maximum Gasteiger partial charge on any atom is 0.165 e. The van der Waals surface area contributed by atoms with Gasteiger partial charge in [-0.1, -0.05) is 42.5 Å². The Hall–Kier alpha value is -4.03. The van der Waals surface area contributed by atoms with E-state index in [1.54, 1.807) is 25.3 Å². The van der Waals surface area contributed by atoms with E-state index >= 15 is 0 Å². The molecule has 0 radical (unpaired) electrons. The number of hydrogen-bond acceptors (Lipinski definition) is 5. The lowest BCUT2D eigenvalue weighted by atomic mass is 9.96. The average molecular weight is 461 g/mol. The number of hydrogen-bond donors (Lipinski definition) is 2. The summed E-state index contributed by atoms with van der Waals surface area (Å²) < 4.78 is 31.1. The van der Waals surface area contributed by atoms with Crippen molar-refractivity contribution >= 4 is 0 Å². The Balaban J connectivity index is 1.71. The molecule has 4 aromatic carbocycles. The molecule has 0 aromatic heterocycles. The van der Waals surface area contributed by atoms with Crippen LogP contribution in [0.2, 0.25) is 0 Å². The van der Waals surface area contributed by atoms with Gasteiger partial charge in [0.1, 0.15) is 23.9 Å².